The van der Waals surface area contributed by atoms with Crippen LogP contribution in [-0.2, 0) is 9.59 Å². The fraction of sp³-hybridized carbons (Fsp3) is 0.750. The highest BCUT2D eigenvalue weighted by Gasteiger charge is 2.37. The Labute approximate surface area is 66.2 Å². The van der Waals surface area contributed by atoms with E-state index < -0.39 is 5.54 Å². The van der Waals surface area contributed by atoms with Gasteiger partial charge in [-0.25, -0.2) is 0 Å². The molecule has 1 rings (SSSR count). The Hall–Kier alpha value is -0.860. The second-order valence-electron chi connectivity index (χ2n) is 3.11. The van der Waals surface area contributed by atoms with Gasteiger partial charge in [-0.15, -0.1) is 0 Å². The van der Waals surface area contributed by atoms with Gasteiger partial charge in [0.25, 0.3) is 0 Å². The summed E-state index contributed by atoms with van der Waals surface area (Å²) in [5.41, 5.74) is -0.512. The molecule has 0 aromatic heterocycles. The summed E-state index contributed by atoms with van der Waals surface area (Å²) in [5.74, 6) is 0.0853. The zero-order valence-electron chi connectivity index (χ0n) is 6.72. The van der Waals surface area contributed by atoms with Crippen LogP contribution in [0.5, 0.6) is 0 Å². The molecule has 1 aliphatic carbocycles. The molecule has 3 heteroatoms. The minimum atomic E-state index is -0.512. The molecule has 0 radical (unpaired) electrons. The highest BCUT2D eigenvalue weighted by molar-refractivity contribution is 5.88. The average molecular weight is 155 g/mol. The Morgan fingerprint density at radius 1 is 1.45 bits per heavy atom. The van der Waals surface area contributed by atoms with Crippen LogP contribution in [0.1, 0.15) is 32.6 Å². The van der Waals surface area contributed by atoms with E-state index in [0.717, 1.165) is 25.7 Å². The van der Waals surface area contributed by atoms with Crippen LogP contribution >= 0.6 is 0 Å². The van der Waals surface area contributed by atoms with Gasteiger partial charge < -0.3 is 5.32 Å². The fourth-order valence-electron chi connectivity index (χ4n) is 1.69. The Bertz CT molecular complexity index is 171. The molecule has 62 valence electrons. The third-order valence-electron chi connectivity index (χ3n) is 2.47. The summed E-state index contributed by atoms with van der Waals surface area (Å²) >= 11 is 0. The number of hydrogen-bond donors (Lipinski definition) is 1. The summed E-state index contributed by atoms with van der Waals surface area (Å²) < 4.78 is 0. The van der Waals surface area contributed by atoms with Crippen molar-refractivity contribution in [1.82, 2.24) is 5.32 Å². The normalized spacial score (nSPS) is 21.2. The molecule has 1 saturated carbocycles. The van der Waals surface area contributed by atoms with Gasteiger partial charge in [-0.3, -0.25) is 9.59 Å². The first-order valence-electron chi connectivity index (χ1n) is 3.94. The van der Waals surface area contributed by atoms with Crippen molar-refractivity contribution in [2.24, 2.45) is 0 Å². The molecule has 1 aliphatic rings. The minimum Gasteiger partial charge on any atom is -0.346 e. The van der Waals surface area contributed by atoms with Crippen LogP contribution < -0.4 is 5.32 Å². The minimum absolute atomic E-state index is 0.0853. The maximum atomic E-state index is 11.1. The maximum Gasteiger partial charge on any atom is 0.207 e. The summed E-state index contributed by atoms with van der Waals surface area (Å²) in [7, 11) is 0. The summed E-state index contributed by atoms with van der Waals surface area (Å²) in [6, 6.07) is 0. The van der Waals surface area contributed by atoms with E-state index in [9.17, 15) is 9.59 Å². The van der Waals surface area contributed by atoms with Crippen molar-refractivity contribution >= 4 is 12.2 Å². The number of hydrogen-bond acceptors (Lipinski definition) is 2. The molecular formula is C8H13NO2. The monoisotopic (exact) mass is 155 g/mol. The molecular weight excluding hydrogens is 142 g/mol. The lowest BCUT2D eigenvalue weighted by atomic mass is 9.93. The Morgan fingerprint density at radius 2 is 2.00 bits per heavy atom. The lowest BCUT2D eigenvalue weighted by molar-refractivity contribution is -0.126. The molecule has 3 nitrogen and oxygen atoms in total. The topological polar surface area (TPSA) is 46.2 Å². The third kappa shape index (κ3) is 1.42. The summed E-state index contributed by atoms with van der Waals surface area (Å²) in [5, 5.41) is 2.63. The molecule has 0 aromatic rings. The molecule has 11 heavy (non-hydrogen) atoms. The van der Waals surface area contributed by atoms with Gasteiger partial charge in [-0.2, -0.15) is 0 Å². The van der Waals surface area contributed by atoms with E-state index in [1.165, 1.54) is 0 Å². The molecule has 0 bridgehead atoms. The average Bonchev–Trinajstić information content (AvgIpc) is 2.38. The number of carbonyl (C=O) groups excluding carboxylic acids is 2. The fourth-order valence-corrected chi connectivity index (χ4v) is 1.69. The molecule has 0 atom stereocenters. The van der Waals surface area contributed by atoms with E-state index in [1.807, 2.05) is 0 Å². The molecule has 0 spiro atoms. The Morgan fingerprint density at radius 3 is 2.36 bits per heavy atom. The van der Waals surface area contributed by atoms with E-state index in [4.69, 9.17) is 0 Å². The van der Waals surface area contributed by atoms with Gasteiger partial charge in [-0.05, 0) is 19.8 Å². The lowest BCUT2D eigenvalue weighted by Gasteiger charge is -2.24. The first-order valence-corrected chi connectivity index (χ1v) is 3.94. The second-order valence-corrected chi connectivity index (χ2v) is 3.11. The number of Topliss-reactive ketones (excluding diaryl/α,β-unsaturated/α-hetero) is 1. The van der Waals surface area contributed by atoms with Crippen molar-refractivity contribution in [3.05, 3.63) is 0 Å². The number of amides is 1. The standard InChI is InChI=1S/C8H13NO2/c1-7(11)8(9-6-10)4-2-3-5-8/h6H,2-5H2,1H3,(H,9,10). The van der Waals surface area contributed by atoms with Gasteiger partial charge in [0, 0.05) is 0 Å². The zero-order chi connectivity index (χ0) is 8.32. The van der Waals surface area contributed by atoms with Gasteiger partial charge in [-0.1, -0.05) is 12.8 Å². The van der Waals surface area contributed by atoms with Crippen LogP contribution in [0.15, 0.2) is 0 Å². The van der Waals surface area contributed by atoms with Crippen LogP contribution in [-0.4, -0.2) is 17.7 Å². The molecule has 0 aliphatic heterocycles. The summed E-state index contributed by atoms with van der Waals surface area (Å²) in [6.07, 6.45) is 4.33. The number of ketones is 1. The van der Waals surface area contributed by atoms with Gasteiger partial charge in [0.2, 0.25) is 6.41 Å². The van der Waals surface area contributed by atoms with E-state index in [0.29, 0.717) is 6.41 Å². The highest BCUT2D eigenvalue weighted by atomic mass is 16.1. The quantitative estimate of drug-likeness (QED) is 0.608. The predicted octanol–water partition coefficient (Wildman–Crippen LogP) is 0.634. The van der Waals surface area contributed by atoms with Crippen molar-refractivity contribution in [3.8, 4) is 0 Å². The molecule has 1 amide bonds. The molecule has 1 fully saturated rings. The molecule has 0 heterocycles. The largest absolute Gasteiger partial charge is 0.346 e. The third-order valence-corrected chi connectivity index (χ3v) is 2.47. The molecule has 1 N–H and O–H groups in total. The van der Waals surface area contributed by atoms with E-state index in [2.05, 4.69) is 5.32 Å². The van der Waals surface area contributed by atoms with Crippen molar-refractivity contribution in [3.63, 3.8) is 0 Å². The van der Waals surface area contributed by atoms with Crippen LogP contribution in [0.2, 0.25) is 0 Å². The van der Waals surface area contributed by atoms with Gasteiger partial charge in [0.15, 0.2) is 5.78 Å². The van der Waals surface area contributed by atoms with E-state index >= 15 is 0 Å². The second kappa shape index (κ2) is 3.03. The van der Waals surface area contributed by atoms with Crippen molar-refractivity contribution < 1.29 is 9.59 Å². The first-order chi connectivity index (χ1) is 5.21. The van der Waals surface area contributed by atoms with Crippen molar-refractivity contribution in [1.29, 1.82) is 0 Å². The van der Waals surface area contributed by atoms with Crippen LogP contribution in [0.3, 0.4) is 0 Å². The van der Waals surface area contributed by atoms with Crippen molar-refractivity contribution in [2.75, 3.05) is 0 Å². The van der Waals surface area contributed by atoms with Crippen LogP contribution in [0.25, 0.3) is 0 Å². The lowest BCUT2D eigenvalue weighted by Crippen LogP contribution is -2.47. The number of nitrogens with one attached hydrogen (secondary N) is 1. The first kappa shape index (κ1) is 8.24. The number of rotatable bonds is 3. The zero-order valence-corrected chi connectivity index (χ0v) is 6.72. The van der Waals surface area contributed by atoms with Gasteiger partial charge in [0.1, 0.15) is 0 Å². The number of carbonyl (C=O) groups is 2. The maximum absolute atomic E-state index is 11.1. The van der Waals surface area contributed by atoms with E-state index in [1.54, 1.807) is 6.92 Å². The Balaban J connectivity index is 2.69. The molecule has 0 saturated heterocycles. The smallest absolute Gasteiger partial charge is 0.207 e. The van der Waals surface area contributed by atoms with E-state index in [-0.39, 0.29) is 5.78 Å². The van der Waals surface area contributed by atoms with Gasteiger partial charge in [0.05, 0.1) is 5.54 Å². The van der Waals surface area contributed by atoms with Crippen molar-refractivity contribution in [2.45, 2.75) is 38.1 Å². The van der Waals surface area contributed by atoms with Crippen LogP contribution in [0.4, 0.5) is 0 Å². The summed E-state index contributed by atoms with van der Waals surface area (Å²) in [6.45, 7) is 1.54. The Kier molecular flexibility index (Phi) is 2.27. The SMILES string of the molecule is CC(=O)C1(NC=O)CCCC1. The molecule has 0 unspecified atom stereocenters. The summed E-state index contributed by atoms with van der Waals surface area (Å²) in [4.78, 5) is 21.3. The van der Waals surface area contributed by atoms with Crippen LogP contribution in [0, 0.1) is 0 Å². The van der Waals surface area contributed by atoms with Gasteiger partial charge >= 0.3 is 0 Å². The highest BCUT2D eigenvalue weighted by Crippen LogP contribution is 2.29. The predicted molar refractivity (Wildman–Crippen MR) is 41.1 cm³/mol. The molecule has 0 aromatic carbocycles.